The third-order valence-corrected chi connectivity index (χ3v) is 5.08. The summed E-state index contributed by atoms with van der Waals surface area (Å²) in [5, 5.41) is 7.07. The minimum Gasteiger partial charge on any atom is -0.356 e. The predicted molar refractivity (Wildman–Crippen MR) is 121 cm³/mol. The monoisotopic (exact) mass is 467 g/mol. The summed E-state index contributed by atoms with van der Waals surface area (Å²) in [7, 11) is 1.87. The van der Waals surface area contributed by atoms with Gasteiger partial charge in [-0.2, -0.15) is 0 Å². The van der Waals surface area contributed by atoms with Gasteiger partial charge in [-0.3, -0.25) is 4.99 Å². The molecule has 1 aliphatic rings. The summed E-state index contributed by atoms with van der Waals surface area (Å²) in [6.07, 6.45) is 4.99. The highest BCUT2D eigenvalue weighted by atomic mass is 127. The van der Waals surface area contributed by atoms with Crippen LogP contribution in [-0.4, -0.2) is 74.7 Å². The second-order valence-corrected chi connectivity index (χ2v) is 7.12. The predicted octanol–water partition coefficient (Wildman–Crippen LogP) is 3.01. The fraction of sp³-hybridized carbons (Fsp3) is 0.947. The molecule has 0 radical (unpaired) electrons. The van der Waals surface area contributed by atoms with E-state index in [1.807, 2.05) is 7.05 Å². The van der Waals surface area contributed by atoms with Gasteiger partial charge in [0.05, 0.1) is 0 Å². The molecular formula is C19H42IN5. The maximum absolute atomic E-state index is 4.39. The minimum absolute atomic E-state index is 0. The van der Waals surface area contributed by atoms with Gasteiger partial charge in [0.15, 0.2) is 5.96 Å². The Kier molecular flexibility index (Phi) is 15.0. The number of likely N-dealkylation sites (tertiary alicyclic amines) is 1. The summed E-state index contributed by atoms with van der Waals surface area (Å²) in [6, 6.07) is 0.465. The largest absolute Gasteiger partial charge is 0.356 e. The van der Waals surface area contributed by atoms with Crippen molar-refractivity contribution in [3.8, 4) is 0 Å². The molecule has 0 spiro atoms. The van der Waals surface area contributed by atoms with Crippen molar-refractivity contribution in [2.75, 3.05) is 52.9 Å². The lowest BCUT2D eigenvalue weighted by Gasteiger charge is -2.22. The molecule has 5 nitrogen and oxygen atoms in total. The van der Waals surface area contributed by atoms with Crippen LogP contribution in [0.15, 0.2) is 4.99 Å². The lowest BCUT2D eigenvalue weighted by atomic mass is 10.1. The smallest absolute Gasteiger partial charge is 0.191 e. The molecule has 0 aromatic heterocycles. The number of halogens is 1. The Labute approximate surface area is 173 Å². The van der Waals surface area contributed by atoms with Gasteiger partial charge < -0.3 is 20.4 Å². The van der Waals surface area contributed by atoms with Crippen LogP contribution in [0.3, 0.4) is 0 Å². The summed E-state index contributed by atoms with van der Waals surface area (Å²) < 4.78 is 0. The highest BCUT2D eigenvalue weighted by molar-refractivity contribution is 14.0. The van der Waals surface area contributed by atoms with E-state index in [0.29, 0.717) is 6.04 Å². The van der Waals surface area contributed by atoms with Crippen molar-refractivity contribution in [3.05, 3.63) is 0 Å². The Morgan fingerprint density at radius 2 is 2.00 bits per heavy atom. The minimum atomic E-state index is 0. The van der Waals surface area contributed by atoms with Crippen LogP contribution in [0.2, 0.25) is 0 Å². The van der Waals surface area contributed by atoms with Crippen molar-refractivity contribution >= 4 is 29.9 Å². The number of guanidine groups is 1. The second-order valence-electron chi connectivity index (χ2n) is 7.12. The fourth-order valence-corrected chi connectivity index (χ4v) is 3.50. The van der Waals surface area contributed by atoms with E-state index < -0.39 is 0 Å². The highest BCUT2D eigenvalue weighted by Gasteiger charge is 2.21. The second kappa shape index (κ2) is 15.0. The number of hydrogen-bond acceptors (Lipinski definition) is 3. The van der Waals surface area contributed by atoms with Crippen LogP contribution in [0.4, 0.5) is 0 Å². The molecular weight excluding hydrogens is 425 g/mol. The van der Waals surface area contributed by atoms with Gasteiger partial charge >= 0.3 is 0 Å². The van der Waals surface area contributed by atoms with E-state index in [4.69, 9.17) is 0 Å². The molecule has 2 N–H and O–H groups in total. The van der Waals surface area contributed by atoms with Crippen LogP contribution in [-0.2, 0) is 0 Å². The third-order valence-electron chi connectivity index (χ3n) is 5.08. The molecule has 25 heavy (non-hydrogen) atoms. The summed E-state index contributed by atoms with van der Waals surface area (Å²) in [4.78, 5) is 9.46. The molecule has 1 heterocycles. The normalized spacial score (nSPS) is 19.8. The van der Waals surface area contributed by atoms with Gasteiger partial charge in [0.2, 0.25) is 0 Å². The molecule has 2 atom stereocenters. The first-order valence-electron chi connectivity index (χ1n) is 10.0. The van der Waals surface area contributed by atoms with Crippen LogP contribution in [0.1, 0.15) is 53.4 Å². The first-order valence-corrected chi connectivity index (χ1v) is 10.0. The number of rotatable bonds is 11. The molecule has 0 bridgehead atoms. The first kappa shape index (κ1) is 24.9. The van der Waals surface area contributed by atoms with Gasteiger partial charge in [0, 0.05) is 26.2 Å². The molecule has 1 aliphatic heterocycles. The number of hydrogen-bond donors (Lipinski definition) is 2. The first-order chi connectivity index (χ1) is 11.6. The zero-order valence-electron chi connectivity index (χ0n) is 17.2. The van der Waals surface area contributed by atoms with Gasteiger partial charge in [-0.1, -0.05) is 20.8 Å². The van der Waals surface area contributed by atoms with Crippen molar-refractivity contribution < 1.29 is 0 Å². The molecule has 1 fully saturated rings. The molecule has 0 amide bonds. The van der Waals surface area contributed by atoms with Gasteiger partial charge in [-0.05, 0) is 71.2 Å². The quantitative estimate of drug-likeness (QED) is 0.279. The SMILES string of the molecule is CCCN1CCC(CNC(=NC)NC(C)CCCN(CC)CC)C1.I. The maximum Gasteiger partial charge on any atom is 0.191 e. The molecule has 6 heteroatoms. The van der Waals surface area contributed by atoms with Crippen molar-refractivity contribution in [2.45, 2.75) is 59.4 Å². The zero-order chi connectivity index (χ0) is 17.8. The van der Waals surface area contributed by atoms with E-state index >= 15 is 0 Å². The average molecular weight is 467 g/mol. The number of aliphatic imine (C=N–C) groups is 1. The molecule has 0 aromatic rings. The molecule has 150 valence electrons. The van der Waals surface area contributed by atoms with Crippen molar-refractivity contribution in [3.63, 3.8) is 0 Å². The van der Waals surface area contributed by atoms with E-state index in [9.17, 15) is 0 Å². The van der Waals surface area contributed by atoms with E-state index in [0.717, 1.165) is 31.5 Å². The Morgan fingerprint density at radius 1 is 1.28 bits per heavy atom. The average Bonchev–Trinajstić information content (AvgIpc) is 3.03. The molecule has 1 saturated heterocycles. The lowest BCUT2D eigenvalue weighted by molar-refractivity contribution is 0.292. The highest BCUT2D eigenvalue weighted by Crippen LogP contribution is 2.15. The van der Waals surface area contributed by atoms with Crippen LogP contribution in [0.5, 0.6) is 0 Å². The number of nitrogens with zero attached hydrogens (tertiary/aromatic N) is 3. The Bertz CT molecular complexity index is 347. The van der Waals surface area contributed by atoms with Gasteiger partial charge in [0.1, 0.15) is 0 Å². The van der Waals surface area contributed by atoms with Crippen LogP contribution < -0.4 is 10.6 Å². The number of nitrogens with one attached hydrogen (secondary N) is 2. The Morgan fingerprint density at radius 3 is 2.60 bits per heavy atom. The van der Waals surface area contributed by atoms with Gasteiger partial charge in [-0.25, -0.2) is 0 Å². The van der Waals surface area contributed by atoms with Crippen molar-refractivity contribution in [1.82, 2.24) is 20.4 Å². The summed E-state index contributed by atoms with van der Waals surface area (Å²) in [5.41, 5.74) is 0. The molecule has 0 aliphatic carbocycles. The molecule has 1 rings (SSSR count). The molecule has 2 unspecified atom stereocenters. The van der Waals surface area contributed by atoms with Crippen LogP contribution >= 0.6 is 24.0 Å². The van der Waals surface area contributed by atoms with Gasteiger partial charge in [-0.15, -0.1) is 24.0 Å². The summed E-state index contributed by atoms with van der Waals surface area (Å²) in [5.74, 6) is 1.72. The van der Waals surface area contributed by atoms with E-state index in [2.05, 4.69) is 53.1 Å². The Hall–Kier alpha value is -0.0800. The van der Waals surface area contributed by atoms with Crippen LogP contribution in [0.25, 0.3) is 0 Å². The third kappa shape index (κ3) is 10.6. The fourth-order valence-electron chi connectivity index (χ4n) is 3.50. The lowest BCUT2D eigenvalue weighted by Crippen LogP contribution is -2.44. The summed E-state index contributed by atoms with van der Waals surface area (Å²) >= 11 is 0. The standard InChI is InChI=1S/C19H41N5.HI/c1-6-12-24-14-11-18(16-24)15-21-19(20-5)22-17(4)10-9-13-23(7-2)8-3;/h17-18H,6-16H2,1-5H3,(H2,20,21,22);1H. The Balaban J connectivity index is 0.00000576. The van der Waals surface area contributed by atoms with Crippen molar-refractivity contribution in [2.24, 2.45) is 10.9 Å². The maximum atomic E-state index is 4.39. The van der Waals surface area contributed by atoms with E-state index in [-0.39, 0.29) is 24.0 Å². The van der Waals surface area contributed by atoms with Crippen molar-refractivity contribution in [1.29, 1.82) is 0 Å². The topological polar surface area (TPSA) is 42.9 Å². The molecule has 0 aromatic carbocycles. The van der Waals surface area contributed by atoms with E-state index in [1.165, 1.54) is 51.9 Å². The summed E-state index contributed by atoms with van der Waals surface area (Å²) in [6.45, 7) is 17.3. The van der Waals surface area contributed by atoms with Crippen LogP contribution in [0, 0.1) is 5.92 Å². The zero-order valence-corrected chi connectivity index (χ0v) is 19.5. The van der Waals surface area contributed by atoms with E-state index in [1.54, 1.807) is 0 Å². The molecule has 0 saturated carbocycles. The van der Waals surface area contributed by atoms with Gasteiger partial charge in [0.25, 0.3) is 0 Å².